The van der Waals surface area contributed by atoms with Crippen LogP contribution in [0.25, 0.3) is 10.8 Å². The van der Waals surface area contributed by atoms with Gasteiger partial charge >= 0.3 is 11.9 Å². The SMILES string of the molecule is Cl.O=C(O)c1ccc2ccc(C(=O)O)cc2c1. The van der Waals surface area contributed by atoms with Crippen molar-refractivity contribution < 1.29 is 19.8 Å². The molecule has 2 N–H and O–H groups in total. The van der Waals surface area contributed by atoms with Crippen LogP contribution >= 0.6 is 12.4 Å². The molecule has 0 aliphatic rings. The number of benzene rings is 2. The lowest BCUT2D eigenvalue weighted by atomic mass is 10.0. The van der Waals surface area contributed by atoms with E-state index >= 15 is 0 Å². The van der Waals surface area contributed by atoms with Crippen LogP contribution in [0.2, 0.25) is 0 Å². The Labute approximate surface area is 103 Å². The summed E-state index contributed by atoms with van der Waals surface area (Å²) < 4.78 is 0. The van der Waals surface area contributed by atoms with Gasteiger partial charge in [-0.15, -0.1) is 12.4 Å². The minimum absolute atomic E-state index is 0. The van der Waals surface area contributed by atoms with Crippen molar-refractivity contribution in [3.8, 4) is 0 Å². The van der Waals surface area contributed by atoms with E-state index in [-0.39, 0.29) is 23.5 Å². The summed E-state index contributed by atoms with van der Waals surface area (Å²) in [7, 11) is 0. The van der Waals surface area contributed by atoms with Crippen molar-refractivity contribution in [2.24, 2.45) is 0 Å². The Hall–Kier alpha value is -2.07. The van der Waals surface area contributed by atoms with Gasteiger partial charge in [-0.1, -0.05) is 12.1 Å². The molecule has 0 heterocycles. The van der Waals surface area contributed by atoms with Crippen LogP contribution in [0.5, 0.6) is 0 Å². The minimum atomic E-state index is -1.03. The quantitative estimate of drug-likeness (QED) is 0.862. The molecule has 0 aliphatic carbocycles. The third-order valence-electron chi connectivity index (χ3n) is 2.33. The van der Waals surface area contributed by atoms with Crippen LogP contribution in [0.1, 0.15) is 20.7 Å². The first kappa shape index (κ1) is 13.0. The second-order valence-corrected chi connectivity index (χ2v) is 3.39. The summed E-state index contributed by atoms with van der Waals surface area (Å²) in [4.78, 5) is 21.5. The van der Waals surface area contributed by atoms with Crippen LogP contribution in [0, 0.1) is 0 Å². The van der Waals surface area contributed by atoms with Gasteiger partial charge in [0.25, 0.3) is 0 Å². The van der Waals surface area contributed by atoms with E-state index in [1.165, 1.54) is 24.3 Å². The second kappa shape index (κ2) is 4.84. The summed E-state index contributed by atoms with van der Waals surface area (Å²) in [6, 6.07) is 9.22. The van der Waals surface area contributed by atoms with E-state index in [1.54, 1.807) is 12.1 Å². The van der Waals surface area contributed by atoms with Gasteiger partial charge in [0.15, 0.2) is 0 Å². The van der Waals surface area contributed by atoms with Crippen LogP contribution in [0.15, 0.2) is 36.4 Å². The molecule has 2 rings (SSSR count). The first-order chi connectivity index (χ1) is 7.58. The Kier molecular flexibility index (Phi) is 3.70. The van der Waals surface area contributed by atoms with E-state index < -0.39 is 11.9 Å². The molecule has 0 unspecified atom stereocenters. The third kappa shape index (κ3) is 2.54. The maximum Gasteiger partial charge on any atom is 0.335 e. The fourth-order valence-corrected chi connectivity index (χ4v) is 1.51. The van der Waals surface area contributed by atoms with Crippen molar-refractivity contribution in [2.45, 2.75) is 0 Å². The van der Waals surface area contributed by atoms with Crippen LogP contribution < -0.4 is 0 Å². The fraction of sp³-hybridized carbons (Fsp3) is 0. The highest BCUT2D eigenvalue weighted by atomic mass is 35.5. The molecular weight excluding hydrogens is 244 g/mol. The molecule has 0 aromatic heterocycles. The minimum Gasteiger partial charge on any atom is -0.478 e. The number of carbonyl (C=O) groups is 2. The van der Waals surface area contributed by atoms with E-state index in [4.69, 9.17) is 10.2 Å². The van der Waals surface area contributed by atoms with Gasteiger partial charge in [0.05, 0.1) is 11.1 Å². The molecule has 0 saturated carbocycles. The smallest absolute Gasteiger partial charge is 0.335 e. The number of rotatable bonds is 2. The van der Waals surface area contributed by atoms with Crippen molar-refractivity contribution in [3.63, 3.8) is 0 Å². The molecule has 0 amide bonds. The molecule has 17 heavy (non-hydrogen) atoms. The zero-order valence-corrected chi connectivity index (χ0v) is 9.40. The number of carboxylic acids is 2. The van der Waals surface area contributed by atoms with Gasteiger partial charge in [0, 0.05) is 0 Å². The van der Waals surface area contributed by atoms with E-state index in [0.29, 0.717) is 5.39 Å². The lowest BCUT2D eigenvalue weighted by Crippen LogP contribution is -1.97. The van der Waals surface area contributed by atoms with Crippen molar-refractivity contribution in [2.75, 3.05) is 0 Å². The summed E-state index contributed by atoms with van der Waals surface area (Å²) in [5.41, 5.74) is 0.296. The van der Waals surface area contributed by atoms with Gasteiger partial charge < -0.3 is 10.2 Å². The van der Waals surface area contributed by atoms with Gasteiger partial charge in [-0.25, -0.2) is 9.59 Å². The van der Waals surface area contributed by atoms with Gasteiger partial charge in [-0.2, -0.15) is 0 Å². The maximum absolute atomic E-state index is 10.7. The van der Waals surface area contributed by atoms with Crippen molar-refractivity contribution in [1.29, 1.82) is 0 Å². The van der Waals surface area contributed by atoms with Crippen LogP contribution in [0.3, 0.4) is 0 Å². The molecule has 0 aliphatic heterocycles. The van der Waals surface area contributed by atoms with E-state index in [0.717, 1.165) is 5.39 Å². The molecule has 88 valence electrons. The first-order valence-corrected chi connectivity index (χ1v) is 4.58. The number of carboxylic acid groups (broad SMARTS) is 2. The fourth-order valence-electron chi connectivity index (χ4n) is 1.51. The number of fused-ring (bicyclic) bond motifs is 1. The largest absolute Gasteiger partial charge is 0.478 e. The predicted molar refractivity (Wildman–Crippen MR) is 65.1 cm³/mol. The Morgan fingerprint density at radius 1 is 0.765 bits per heavy atom. The van der Waals surface area contributed by atoms with Crippen molar-refractivity contribution in [1.82, 2.24) is 0 Å². The molecule has 5 heteroatoms. The number of aromatic carboxylic acids is 2. The second-order valence-electron chi connectivity index (χ2n) is 3.39. The topological polar surface area (TPSA) is 74.6 Å². The highest BCUT2D eigenvalue weighted by Gasteiger charge is 2.06. The van der Waals surface area contributed by atoms with Gasteiger partial charge in [-0.3, -0.25) is 0 Å². The zero-order valence-electron chi connectivity index (χ0n) is 8.58. The van der Waals surface area contributed by atoms with Crippen LogP contribution in [0.4, 0.5) is 0 Å². The number of hydrogen-bond donors (Lipinski definition) is 2. The summed E-state index contributed by atoms with van der Waals surface area (Å²) in [5, 5.41) is 19.0. The average Bonchev–Trinajstić information content (AvgIpc) is 2.27. The van der Waals surface area contributed by atoms with Crippen molar-refractivity contribution >= 4 is 35.1 Å². The standard InChI is InChI=1S/C12H8O4.ClH/c13-11(14)8-3-1-7-2-4-9(12(15)16)6-10(7)5-8;/h1-6H,(H,13,14)(H,15,16);1H. The normalized spacial score (nSPS) is 9.65. The van der Waals surface area contributed by atoms with Gasteiger partial charge in [0.2, 0.25) is 0 Å². The Morgan fingerprint density at radius 3 is 1.53 bits per heavy atom. The van der Waals surface area contributed by atoms with Gasteiger partial charge in [-0.05, 0) is 35.0 Å². The third-order valence-corrected chi connectivity index (χ3v) is 2.33. The van der Waals surface area contributed by atoms with Crippen LogP contribution in [-0.4, -0.2) is 22.2 Å². The molecule has 0 saturated heterocycles. The average molecular weight is 253 g/mol. The highest BCUT2D eigenvalue weighted by Crippen LogP contribution is 2.18. The zero-order chi connectivity index (χ0) is 11.7. The molecule has 4 nitrogen and oxygen atoms in total. The Bertz CT molecular complexity index is 543. The predicted octanol–water partition coefficient (Wildman–Crippen LogP) is 2.66. The number of halogens is 1. The van der Waals surface area contributed by atoms with Crippen LogP contribution in [-0.2, 0) is 0 Å². The molecular formula is C12H9ClO4. The van der Waals surface area contributed by atoms with E-state index in [2.05, 4.69) is 0 Å². The summed E-state index contributed by atoms with van der Waals surface area (Å²) in [5.74, 6) is -2.05. The number of hydrogen-bond acceptors (Lipinski definition) is 2. The maximum atomic E-state index is 10.7. The Balaban J connectivity index is 0.00000144. The molecule has 2 aromatic carbocycles. The molecule has 0 bridgehead atoms. The summed E-state index contributed by atoms with van der Waals surface area (Å²) in [6.45, 7) is 0. The lowest BCUT2D eigenvalue weighted by molar-refractivity contribution is 0.0687. The van der Waals surface area contributed by atoms with Gasteiger partial charge in [0.1, 0.15) is 0 Å². The molecule has 2 aromatic rings. The monoisotopic (exact) mass is 252 g/mol. The highest BCUT2D eigenvalue weighted by molar-refractivity contribution is 5.98. The molecule has 0 atom stereocenters. The lowest BCUT2D eigenvalue weighted by Gasteiger charge is -2.01. The van der Waals surface area contributed by atoms with E-state index in [1.807, 2.05) is 0 Å². The van der Waals surface area contributed by atoms with Crippen molar-refractivity contribution in [3.05, 3.63) is 47.5 Å². The summed E-state index contributed by atoms with van der Waals surface area (Å²) >= 11 is 0. The molecule has 0 radical (unpaired) electrons. The summed E-state index contributed by atoms with van der Waals surface area (Å²) in [6.07, 6.45) is 0. The molecule has 0 fully saturated rings. The molecule has 0 spiro atoms. The first-order valence-electron chi connectivity index (χ1n) is 4.58. The van der Waals surface area contributed by atoms with E-state index in [9.17, 15) is 9.59 Å². The Morgan fingerprint density at radius 2 is 1.18 bits per heavy atom.